The van der Waals surface area contributed by atoms with Crippen molar-refractivity contribution in [2.45, 2.75) is 193 Å². The van der Waals surface area contributed by atoms with Crippen LogP contribution < -0.4 is 0 Å². The lowest BCUT2D eigenvalue weighted by Gasteiger charge is -2.18. The maximum atomic E-state index is 12.5. The Labute approximate surface area is 292 Å². The number of carbonyl (C=O) groups is 3. The van der Waals surface area contributed by atoms with Gasteiger partial charge in [0, 0.05) is 31.1 Å². The number of ether oxygens (including phenoxy) is 2. The molecule has 6 atom stereocenters. The number of ketones is 1. The second kappa shape index (κ2) is 29.0. The quantitative estimate of drug-likeness (QED) is 0.0377. The van der Waals surface area contributed by atoms with Crippen LogP contribution in [0.15, 0.2) is 12.2 Å². The molecule has 1 rings (SSSR count). The van der Waals surface area contributed by atoms with Crippen molar-refractivity contribution in [3.05, 3.63) is 12.2 Å². The fraction of sp³-hybridized carbons (Fsp3) is 0.875. The molecule has 0 aromatic heterocycles. The summed E-state index contributed by atoms with van der Waals surface area (Å²) in [6.45, 7) is 6.36. The molecule has 0 aromatic rings. The second-order valence-electron chi connectivity index (χ2n) is 14.4. The van der Waals surface area contributed by atoms with Gasteiger partial charge in [-0.2, -0.15) is 0 Å². The van der Waals surface area contributed by atoms with E-state index in [9.17, 15) is 29.7 Å². The van der Waals surface area contributed by atoms with Crippen molar-refractivity contribution in [1.29, 1.82) is 0 Å². The molecule has 1 saturated carbocycles. The average molecular weight is 681 g/mol. The van der Waals surface area contributed by atoms with Crippen LogP contribution in [0.3, 0.4) is 0 Å². The third-order valence-electron chi connectivity index (χ3n) is 9.94. The Morgan fingerprint density at radius 2 is 1.25 bits per heavy atom. The van der Waals surface area contributed by atoms with E-state index >= 15 is 0 Å². The molecule has 1 aliphatic carbocycles. The fourth-order valence-electron chi connectivity index (χ4n) is 6.49. The van der Waals surface area contributed by atoms with Crippen molar-refractivity contribution < 1.29 is 39.2 Å². The van der Waals surface area contributed by atoms with E-state index in [1.807, 2.05) is 6.08 Å². The largest absolute Gasteiger partial charge is 0.463 e. The molecule has 48 heavy (non-hydrogen) atoms. The summed E-state index contributed by atoms with van der Waals surface area (Å²) in [4.78, 5) is 36.5. The van der Waals surface area contributed by atoms with Crippen LogP contribution in [0.25, 0.3) is 0 Å². The first-order chi connectivity index (χ1) is 23.2. The lowest BCUT2D eigenvalue weighted by atomic mass is 9.88. The first kappa shape index (κ1) is 44.3. The molecule has 8 nitrogen and oxygen atoms in total. The van der Waals surface area contributed by atoms with Crippen molar-refractivity contribution in [2.24, 2.45) is 17.8 Å². The van der Waals surface area contributed by atoms with Gasteiger partial charge in [0.15, 0.2) is 0 Å². The van der Waals surface area contributed by atoms with E-state index in [4.69, 9.17) is 9.47 Å². The molecule has 0 saturated heterocycles. The van der Waals surface area contributed by atoms with Gasteiger partial charge in [-0.05, 0) is 31.6 Å². The number of Topliss-reactive ketones (excluding diaryl/α,β-unsaturated/α-hetero) is 1. The Balaban J connectivity index is 2.02. The maximum Gasteiger partial charge on any atom is 0.305 e. The van der Waals surface area contributed by atoms with E-state index in [1.165, 1.54) is 57.8 Å². The van der Waals surface area contributed by atoms with Gasteiger partial charge in [-0.15, -0.1) is 0 Å². The smallest absolute Gasteiger partial charge is 0.305 e. The summed E-state index contributed by atoms with van der Waals surface area (Å²) in [5.41, 5.74) is 0. The molecule has 1 unspecified atom stereocenters. The molecule has 0 aromatic carbocycles. The summed E-state index contributed by atoms with van der Waals surface area (Å²) in [6.07, 6.45) is 24.5. The highest BCUT2D eigenvalue weighted by atomic mass is 16.6. The summed E-state index contributed by atoms with van der Waals surface area (Å²) in [5, 5.41) is 30.6. The molecular weight excluding hydrogens is 608 g/mol. The van der Waals surface area contributed by atoms with E-state index in [1.54, 1.807) is 6.08 Å². The molecule has 0 aliphatic heterocycles. The van der Waals surface area contributed by atoms with Crippen LogP contribution in [0.2, 0.25) is 0 Å². The molecule has 1 fully saturated rings. The molecule has 0 bridgehead atoms. The third kappa shape index (κ3) is 22.8. The minimum Gasteiger partial charge on any atom is -0.463 e. The lowest BCUT2D eigenvalue weighted by Crippen LogP contribution is -2.25. The molecule has 1 aliphatic rings. The highest BCUT2D eigenvalue weighted by molar-refractivity contribution is 5.84. The minimum absolute atomic E-state index is 0.0832. The van der Waals surface area contributed by atoms with E-state index in [0.29, 0.717) is 25.7 Å². The van der Waals surface area contributed by atoms with Crippen molar-refractivity contribution in [3.8, 4) is 0 Å². The van der Waals surface area contributed by atoms with E-state index in [2.05, 4.69) is 20.8 Å². The number of rotatable bonds is 31. The van der Waals surface area contributed by atoms with Crippen LogP contribution >= 0.6 is 0 Å². The lowest BCUT2D eigenvalue weighted by molar-refractivity contribution is -0.152. The van der Waals surface area contributed by atoms with Crippen LogP contribution in [-0.2, 0) is 23.9 Å². The zero-order chi connectivity index (χ0) is 35.4. The Morgan fingerprint density at radius 1 is 0.750 bits per heavy atom. The summed E-state index contributed by atoms with van der Waals surface area (Å²) < 4.78 is 10.3. The van der Waals surface area contributed by atoms with Crippen molar-refractivity contribution in [2.75, 3.05) is 13.2 Å². The summed E-state index contributed by atoms with van der Waals surface area (Å²) >= 11 is 0. The number of esters is 2. The summed E-state index contributed by atoms with van der Waals surface area (Å²) in [7, 11) is 0. The number of unbranched alkanes of at least 4 members (excludes halogenated alkanes) is 14. The van der Waals surface area contributed by atoms with Crippen LogP contribution in [0, 0.1) is 17.8 Å². The Hall–Kier alpha value is -1.77. The highest BCUT2D eigenvalue weighted by Crippen LogP contribution is 2.34. The summed E-state index contributed by atoms with van der Waals surface area (Å²) in [5.74, 6) is -0.241. The summed E-state index contributed by atoms with van der Waals surface area (Å²) in [6, 6.07) is 0. The van der Waals surface area contributed by atoms with Crippen LogP contribution in [-0.4, -0.2) is 64.6 Å². The zero-order valence-corrected chi connectivity index (χ0v) is 30.9. The SMILES string of the molecule is CCCCC[C@H](O)/C=C/[C@H]1[C@H](O)CC(=O)[C@@H]1CCCCCCC(=O)OC[C@H](O)COC(=O)CCCCCCCCCCCCC(C)CC. The van der Waals surface area contributed by atoms with Gasteiger partial charge in [0.05, 0.1) is 12.2 Å². The first-order valence-corrected chi connectivity index (χ1v) is 19.7. The molecule has 0 heterocycles. The maximum absolute atomic E-state index is 12.5. The number of carbonyl (C=O) groups excluding carboxylic acids is 3. The molecule has 0 radical (unpaired) electrons. The normalized spacial score (nSPS) is 19.9. The molecule has 8 heteroatoms. The average Bonchev–Trinajstić information content (AvgIpc) is 3.34. The van der Waals surface area contributed by atoms with Crippen LogP contribution in [0.1, 0.15) is 175 Å². The topological polar surface area (TPSA) is 130 Å². The molecule has 0 amide bonds. The van der Waals surface area contributed by atoms with E-state index < -0.39 is 24.3 Å². The number of aliphatic hydroxyl groups excluding tert-OH is 3. The first-order valence-electron chi connectivity index (χ1n) is 19.7. The number of aliphatic hydroxyl groups is 3. The molecule has 280 valence electrons. The Kier molecular flexibility index (Phi) is 26.7. The van der Waals surface area contributed by atoms with Crippen molar-refractivity contribution in [1.82, 2.24) is 0 Å². The van der Waals surface area contributed by atoms with E-state index in [0.717, 1.165) is 63.7 Å². The van der Waals surface area contributed by atoms with Gasteiger partial charge in [-0.3, -0.25) is 14.4 Å². The van der Waals surface area contributed by atoms with Gasteiger partial charge in [0.1, 0.15) is 25.1 Å². The molecular formula is C40H72O8. The predicted octanol–water partition coefficient (Wildman–Crippen LogP) is 8.57. The fourth-order valence-corrected chi connectivity index (χ4v) is 6.49. The van der Waals surface area contributed by atoms with Gasteiger partial charge in [0.25, 0.3) is 0 Å². The van der Waals surface area contributed by atoms with Crippen LogP contribution in [0.4, 0.5) is 0 Å². The minimum atomic E-state index is -1.04. The van der Waals surface area contributed by atoms with Crippen LogP contribution in [0.5, 0.6) is 0 Å². The zero-order valence-electron chi connectivity index (χ0n) is 30.9. The number of hydrogen-bond donors (Lipinski definition) is 3. The van der Waals surface area contributed by atoms with Crippen molar-refractivity contribution in [3.63, 3.8) is 0 Å². The van der Waals surface area contributed by atoms with E-state index in [-0.39, 0.29) is 49.6 Å². The van der Waals surface area contributed by atoms with Gasteiger partial charge in [-0.25, -0.2) is 0 Å². The van der Waals surface area contributed by atoms with Crippen molar-refractivity contribution >= 4 is 17.7 Å². The van der Waals surface area contributed by atoms with Gasteiger partial charge >= 0.3 is 11.9 Å². The standard InChI is InChI=1S/C40H72O8/c1-4-6-17-23-33(41)27-28-36-35(37(43)29-38(36)44)24-19-15-16-21-26-40(46)48-31-34(42)30-47-39(45)25-20-14-12-10-8-7-9-11-13-18-22-32(3)5-2/h27-28,32-36,38,41-42,44H,4-26,29-31H2,1-3H3/b28-27+/t32?,33-,34+,35+,36+,38+/m0/s1. The Bertz CT molecular complexity index is 858. The predicted molar refractivity (Wildman–Crippen MR) is 192 cm³/mol. The van der Waals surface area contributed by atoms with Gasteiger partial charge < -0.3 is 24.8 Å². The number of hydrogen-bond acceptors (Lipinski definition) is 8. The monoisotopic (exact) mass is 681 g/mol. The third-order valence-corrected chi connectivity index (χ3v) is 9.94. The molecule has 3 N–H and O–H groups in total. The van der Waals surface area contributed by atoms with Gasteiger partial charge in [0.2, 0.25) is 0 Å². The highest BCUT2D eigenvalue weighted by Gasteiger charge is 2.39. The van der Waals surface area contributed by atoms with Gasteiger partial charge in [-0.1, -0.05) is 142 Å². The molecule has 0 spiro atoms. The second-order valence-corrected chi connectivity index (χ2v) is 14.4. The Morgan fingerprint density at radius 3 is 1.79 bits per heavy atom.